The Labute approximate surface area is 33.7 Å². The minimum atomic E-state index is -1.90. The number of aliphatic hydroxyl groups is 2. The molecule has 0 aromatic heterocycles. The summed E-state index contributed by atoms with van der Waals surface area (Å²) in [6.07, 6.45) is -0.958. The maximum absolute atomic E-state index is 9.00. The quantitative estimate of drug-likeness (QED) is 0.235. The maximum Gasteiger partial charge on any atom is 0.264 e. The van der Waals surface area contributed by atoms with Crippen molar-refractivity contribution < 1.29 is 15.0 Å². The highest BCUT2D eigenvalue weighted by Crippen LogP contribution is 1.67. The Morgan fingerprint density at radius 3 is 2.17 bits per heavy atom. The van der Waals surface area contributed by atoms with Gasteiger partial charge in [0.05, 0.1) is 0 Å². The van der Waals surface area contributed by atoms with Crippen LogP contribution in [0.25, 0.3) is 0 Å². The summed E-state index contributed by atoms with van der Waals surface area (Å²) in [6.45, 7) is 0. The zero-order chi connectivity index (χ0) is 4.99. The summed E-state index contributed by atoms with van der Waals surface area (Å²) in [5.74, 6) is 0. The molecule has 4 heteroatoms. The van der Waals surface area contributed by atoms with Crippen LogP contribution in [0.2, 0.25) is 0 Å². The molecule has 0 rings (SSSR count). The van der Waals surface area contributed by atoms with E-state index < -0.39 is 6.41 Å². The normalized spacial score (nSPS) is 7.83. The van der Waals surface area contributed by atoms with E-state index in [9.17, 15) is 0 Å². The third kappa shape index (κ3) is 3.30. The second-order valence-electron chi connectivity index (χ2n) is 0.567. The standard InChI is InChI=1S/C2H3NO3/c4-1-3-2(5)6/h2,5-6H. The monoisotopic (exact) mass is 89.0 g/mol. The van der Waals surface area contributed by atoms with Gasteiger partial charge < -0.3 is 10.2 Å². The van der Waals surface area contributed by atoms with Crippen LogP contribution in [0.15, 0.2) is 4.99 Å². The van der Waals surface area contributed by atoms with E-state index in [-0.39, 0.29) is 0 Å². The fourth-order valence-electron chi connectivity index (χ4n) is 0.0471. The molecule has 0 aromatic carbocycles. The molecular formula is C2H3NO3. The number of aliphatic imine (C=N–C) groups is 1. The van der Waals surface area contributed by atoms with E-state index in [4.69, 9.17) is 15.0 Å². The molecule has 0 spiro atoms. The van der Waals surface area contributed by atoms with Crippen LogP contribution in [0.3, 0.4) is 0 Å². The van der Waals surface area contributed by atoms with Gasteiger partial charge in [-0.2, -0.15) is 0 Å². The van der Waals surface area contributed by atoms with Crippen molar-refractivity contribution in [1.29, 1.82) is 0 Å². The molecule has 0 saturated carbocycles. The SMILES string of the molecule is O=C=NC(O)O. The number of rotatable bonds is 1. The van der Waals surface area contributed by atoms with Crippen molar-refractivity contribution in [1.82, 2.24) is 0 Å². The highest BCUT2D eigenvalue weighted by atomic mass is 16.5. The number of isocyanates is 1. The molecular weight excluding hydrogens is 86.0 g/mol. The van der Waals surface area contributed by atoms with E-state index in [1.807, 2.05) is 0 Å². The predicted octanol–water partition coefficient (Wildman–Crippen LogP) is -1.41. The molecule has 0 radical (unpaired) electrons. The van der Waals surface area contributed by atoms with Crippen molar-refractivity contribution in [2.75, 3.05) is 0 Å². The number of nitrogens with zero attached hydrogens (tertiary/aromatic N) is 1. The van der Waals surface area contributed by atoms with Gasteiger partial charge in [0.25, 0.3) is 6.41 Å². The summed E-state index contributed by atoms with van der Waals surface area (Å²) in [5, 5.41) is 15.4. The Bertz CT molecular complexity index is 72.9. The summed E-state index contributed by atoms with van der Waals surface area (Å²) in [6, 6.07) is 0. The second kappa shape index (κ2) is 2.53. The van der Waals surface area contributed by atoms with E-state index in [2.05, 4.69) is 4.99 Å². The van der Waals surface area contributed by atoms with Crippen LogP contribution in [-0.2, 0) is 4.79 Å². The molecule has 4 nitrogen and oxygen atoms in total. The highest BCUT2D eigenvalue weighted by molar-refractivity contribution is 5.32. The fourth-order valence-corrected chi connectivity index (χ4v) is 0.0471. The number of hydrogen-bond acceptors (Lipinski definition) is 4. The first-order valence-corrected chi connectivity index (χ1v) is 1.20. The first-order chi connectivity index (χ1) is 2.77. The Hall–Kier alpha value is -0.700. The number of hydrogen-bond donors (Lipinski definition) is 2. The topological polar surface area (TPSA) is 69.9 Å². The van der Waals surface area contributed by atoms with Gasteiger partial charge in [-0.3, -0.25) is 0 Å². The lowest BCUT2D eigenvalue weighted by Gasteiger charge is -1.82. The zero-order valence-corrected chi connectivity index (χ0v) is 2.83. The first-order valence-electron chi connectivity index (χ1n) is 1.20. The molecule has 0 aliphatic rings. The lowest BCUT2D eigenvalue weighted by atomic mass is 11.1. The number of aliphatic hydroxyl groups excluding tert-OH is 1. The highest BCUT2D eigenvalue weighted by Gasteiger charge is 1.82. The molecule has 0 unspecified atom stereocenters. The third-order valence-corrected chi connectivity index (χ3v) is 0.168. The van der Waals surface area contributed by atoms with Gasteiger partial charge in [-0.05, 0) is 0 Å². The molecule has 0 aromatic rings. The van der Waals surface area contributed by atoms with Crippen LogP contribution in [0.1, 0.15) is 0 Å². The van der Waals surface area contributed by atoms with Crippen molar-refractivity contribution in [2.24, 2.45) is 4.99 Å². The average molecular weight is 89.0 g/mol. The van der Waals surface area contributed by atoms with Crippen molar-refractivity contribution in [3.05, 3.63) is 0 Å². The minimum Gasteiger partial charge on any atom is -0.349 e. The largest absolute Gasteiger partial charge is 0.349 e. The van der Waals surface area contributed by atoms with Gasteiger partial charge >= 0.3 is 0 Å². The molecule has 0 aliphatic heterocycles. The van der Waals surface area contributed by atoms with Crippen LogP contribution >= 0.6 is 0 Å². The van der Waals surface area contributed by atoms with Crippen molar-refractivity contribution in [2.45, 2.75) is 6.41 Å². The summed E-state index contributed by atoms with van der Waals surface area (Å²) in [5.41, 5.74) is 0. The fraction of sp³-hybridized carbons (Fsp3) is 0.500. The molecule has 0 fully saturated rings. The van der Waals surface area contributed by atoms with Crippen LogP contribution in [0.5, 0.6) is 0 Å². The van der Waals surface area contributed by atoms with Gasteiger partial charge in [0.2, 0.25) is 6.08 Å². The zero-order valence-electron chi connectivity index (χ0n) is 2.83. The molecule has 6 heavy (non-hydrogen) atoms. The maximum atomic E-state index is 9.00. The predicted molar refractivity (Wildman–Crippen MR) is 16.3 cm³/mol. The molecule has 0 aliphatic carbocycles. The van der Waals surface area contributed by atoms with Gasteiger partial charge in [-0.25, -0.2) is 4.79 Å². The van der Waals surface area contributed by atoms with E-state index in [0.29, 0.717) is 0 Å². The molecule has 0 atom stereocenters. The van der Waals surface area contributed by atoms with Gasteiger partial charge in [0.15, 0.2) is 0 Å². The Kier molecular flexibility index (Phi) is 2.24. The smallest absolute Gasteiger partial charge is 0.264 e. The Morgan fingerprint density at radius 1 is 1.67 bits per heavy atom. The first kappa shape index (κ1) is 5.30. The third-order valence-electron chi connectivity index (χ3n) is 0.168. The van der Waals surface area contributed by atoms with E-state index in [1.165, 1.54) is 0 Å². The Morgan fingerprint density at radius 2 is 2.17 bits per heavy atom. The lowest BCUT2D eigenvalue weighted by Crippen LogP contribution is -1.96. The summed E-state index contributed by atoms with van der Waals surface area (Å²) in [7, 11) is 0. The van der Waals surface area contributed by atoms with Gasteiger partial charge in [-0.1, -0.05) is 0 Å². The summed E-state index contributed by atoms with van der Waals surface area (Å²) < 4.78 is 0. The molecule has 34 valence electrons. The molecule has 0 amide bonds. The van der Waals surface area contributed by atoms with Gasteiger partial charge in [0, 0.05) is 0 Å². The van der Waals surface area contributed by atoms with Crippen molar-refractivity contribution >= 4 is 6.08 Å². The van der Waals surface area contributed by atoms with Crippen LogP contribution in [0.4, 0.5) is 0 Å². The van der Waals surface area contributed by atoms with Crippen LogP contribution < -0.4 is 0 Å². The molecule has 0 bridgehead atoms. The van der Waals surface area contributed by atoms with E-state index in [1.54, 1.807) is 0 Å². The van der Waals surface area contributed by atoms with E-state index >= 15 is 0 Å². The lowest BCUT2D eigenvalue weighted by molar-refractivity contribution is -0.0309. The van der Waals surface area contributed by atoms with Gasteiger partial charge in [0.1, 0.15) is 0 Å². The summed E-state index contributed by atoms with van der Waals surface area (Å²) in [4.78, 5) is 11.4. The molecule has 0 heterocycles. The van der Waals surface area contributed by atoms with E-state index in [0.717, 1.165) is 6.08 Å². The summed E-state index contributed by atoms with van der Waals surface area (Å²) >= 11 is 0. The minimum absolute atomic E-state index is 0.942. The average Bonchev–Trinajstić information content (AvgIpc) is 1.35. The van der Waals surface area contributed by atoms with Crippen molar-refractivity contribution in [3.63, 3.8) is 0 Å². The molecule has 2 N–H and O–H groups in total. The van der Waals surface area contributed by atoms with Crippen LogP contribution in [-0.4, -0.2) is 22.7 Å². The van der Waals surface area contributed by atoms with Crippen LogP contribution in [0, 0.1) is 0 Å². The second-order valence-corrected chi connectivity index (χ2v) is 0.567. The van der Waals surface area contributed by atoms with Gasteiger partial charge in [-0.15, -0.1) is 4.99 Å². The molecule has 0 saturated heterocycles. The van der Waals surface area contributed by atoms with Crippen molar-refractivity contribution in [3.8, 4) is 0 Å². The Balaban J connectivity index is 3.29. The number of carbonyl (C=O) groups excluding carboxylic acids is 1.